The number of ether oxygens (including phenoxy) is 1. The van der Waals surface area contributed by atoms with Crippen LogP contribution in [0.1, 0.15) is 39.2 Å². The van der Waals surface area contributed by atoms with E-state index in [1.54, 1.807) is 43.5 Å². The van der Waals surface area contributed by atoms with Gasteiger partial charge in [0.2, 0.25) is 0 Å². The van der Waals surface area contributed by atoms with E-state index in [0.717, 1.165) is 21.9 Å². The average molecular weight is 563 g/mol. The molecule has 0 aliphatic rings. The van der Waals surface area contributed by atoms with E-state index in [0.29, 0.717) is 28.2 Å². The molecule has 0 spiro atoms. The third kappa shape index (κ3) is 6.34. The Kier molecular flexibility index (Phi) is 8.52. The highest BCUT2D eigenvalue weighted by atomic mass is 32.2. The van der Waals surface area contributed by atoms with Crippen LogP contribution < -0.4 is 4.74 Å². The lowest BCUT2D eigenvalue weighted by molar-refractivity contribution is 0.104. The molecular formula is C34H24F2N2O2S. The average Bonchev–Trinajstić information content (AvgIpc) is 3.02. The maximum Gasteiger partial charge on any atom is 0.280 e. The van der Waals surface area contributed by atoms with Gasteiger partial charge >= 0.3 is 0 Å². The second kappa shape index (κ2) is 12.6. The molecular weight excluding hydrogens is 538 g/mol. The number of benzene rings is 4. The van der Waals surface area contributed by atoms with Crippen LogP contribution in [0.5, 0.6) is 5.75 Å². The number of thioether (sulfide) groups is 1. The molecule has 0 amide bonds. The molecule has 0 radical (unpaired) electrons. The number of fused-ring (bicyclic) bond motifs is 1. The summed E-state index contributed by atoms with van der Waals surface area (Å²) in [6.07, 6.45) is 0.471. The molecule has 0 bridgehead atoms. The fourth-order valence-corrected chi connectivity index (χ4v) is 5.47. The zero-order valence-electron chi connectivity index (χ0n) is 22.1. The van der Waals surface area contributed by atoms with Crippen LogP contribution in [0.4, 0.5) is 8.78 Å². The molecule has 0 N–H and O–H groups in total. The lowest BCUT2D eigenvalue weighted by Crippen LogP contribution is -2.00. The Labute approximate surface area is 240 Å². The van der Waals surface area contributed by atoms with Crippen LogP contribution >= 0.6 is 11.8 Å². The standard InChI is InChI=1S/C34H24F2N2O2S/c1-40-32-16-12-22(11-15-31(39)26-14-13-23-7-5-6-10-25(23)18-26)17-27(32)21-41-34-29(20-37)28(19-30(38-34)33(35)36)24-8-3-2-4-9-24/h2-19,33H,21H2,1H3/b15-11+. The zero-order valence-corrected chi connectivity index (χ0v) is 22.9. The minimum Gasteiger partial charge on any atom is -0.496 e. The fourth-order valence-electron chi connectivity index (χ4n) is 4.48. The molecule has 202 valence electrons. The van der Waals surface area contributed by atoms with Gasteiger partial charge in [0.15, 0.2) is 5.78 Å². The second-order valence-corrected chi connectivity index (χ2v) is 10.1. The summed E-state index contributed by atoms with van der Waals surface area (Å²) >= 11 is 1.19. The number of halogens is 2. The van der Waals surface area contributed by atoms with Gasteiger partial charge in [0.05, 0.1) is 12.7 Å². The molecule has 0 aliphatic heterocycles. The highest BCUT2D eigenvalue weighted by Gasteiger charge is 2.19. The van der Waals surface area contributed by atoms with Crippen molar-refractivity contribution in [3.05, 3.63) is 131 Å². The first-order valence-corrected chi connectivity index (χ1v) is 13.7. The second-order valence-electron chi connectivity index (χ2n) is 9.17. The normalized spacial score (nSPS) is 11.2. The number of nitrogens with zero attached hydrogens (tertiary/aromatic N) is 2. The molecule has 41 heavy (non-hydrogen) atoms. The van der Waals surface area contributed by atoms with Gasteiger partial charge < -0.3 is 4.74 Å². The largest absolute Gasteiger partial charge is 0.496 e. The molecule has 0 atom stereocenters. The number of hydrogen-bond acceptors (Lipinski definition) is 5. The van der Waals surface area contributed by atoms with E-state index < -0.39 is 6.43 Å². The molecule has 0 aliphatic carbocycles. The highest BCUT2D eigenvalue weighted by molar-refractivity contribution is 7.98. The van der Waals surface area contributed by atoms with Crippen molar-refractivity contribution in [3.63, 3.8) is 0 Å². The summed E-state index contributed by atoms with van der Waals surface area (Å²) in [5, 5.41) is 12.2. The van der Waals surface area contributed by atoms with E-state index in [4.69, 9.17) is 4.74 Å². The summed E-state index contributed by atoms with van der Waals surface area (Å²) in [4.78, 5) is 17.0. The van der Waals surface area contributed by atoms with Gasteiger partial charge in [0.25, 0.3) is 6.43 Å². The van der Waals surface area contributed by atoms with Crippen molar-refractivity contribution in [2.45, 2.75) is 17.2 Å². The van der Waals surface area contributed by atoms with Crippen LogP contribution in [0.2, 0.25) is 0 Å². The predicted molar refractivity (Wildman–Crippen MR) is 159 cm³/mol. The van der Waals surface area contributed by atoms with Crippen LogP contribution in [-0.4, -0.2) is 17.9 Å². The zero-order chi connectivity index (χ0) is 28.8. The number of carbonyl (C=O) groups excluding carboxylic acids is 1. The topological polar surface area (TPSA) is 63.0 Å². The first-order chi connectivity index (χ1) is 20.0. The van der Waals surface area contributed by atoms with Gasteiger partial charge in [-0.15, -0.1) is 11.8 Å². The van der Waals surface area contributed by atoms with E-state index in [2.05, 4.69) is 11.1 Å². The quantitative estimate of drug-likeness (QED) is 0.102. The molecule has 0 unspecified atom stereocenters. The Bertz CT molecular complexity index is 1800. The number of rotatable bonds is 9. The molecule has 1 aromatic heterocycles. The van der Waals surface area contributed by atoms with Crippen molar-refractivity contribution < 1.29 is 18.3 Å². The minimum absolute atomic E-state index is 0.123. The van der Waals surface area contributed by atoms with Gasteiger partial charge in [-0.25, -0.2) is 13.8 Å². The maximum atomic E-state index is 13.8. The van der Waals surface area contributed by atoms with Gasteiger partial charge in [-0.05, 0) is 52.2 Å². The van der Waals surface area contributed by atoms with Crippen LogP contribution in [0.15, 0.2) is 108 Å². The van der Waals surface area contributed by atoms with Gasteiger partial charge in [-0.2, -0.15) is 5.26 Å². The van der Waals surface area contributed by atoms with Crippen molar-refractivity contribution in [2.75, 3.05) is 7.11 Å². The van der Waals surface area contributed by atoms with E-state index in [1.807, 2.05) is 60.7 Å². The van der Waals surface area contributed by atoms with Crippen LogP contribution in [0, 0.1) is 11.3 Å². The number of pyridine rings is 1. The monoisotopic (exact) mass is 562 g/mol. The van der Waals surface area contributed by atoms with Crippen molar-refractivity contribution in [1.82, 2.24) is 4.98 Å². The van der Waals surface area contributed by atoms with Crippen LogP contribution in [0.3, 0.4) is 0 Å². The number of ketones is 1. The lowest BCUT2D eigenvalue weighted by atomic mass is 10.0. The van der Waals surface area contributed by atoms with Crippen LogP contribution in [-0.2, 0) is 5.75 Å². The van der Waals surface area contributed by atoms with Gasteiger partial charge in [0, 0.05) is 22.4 Å². The molecule has 0 saturated heterocycles. The summed E-state index contributed by atoms with van der Waals surface area (Å²) in [5.74, 6) is 0.788. The van der Waals surface area contributed by atoms with Gasteiger partial charge in [0.1, 0.15) is 22.5 Å². The Morgan fingerprint density at radius 2 is 1.73 bits per heavy atom. The van der Waals surface area contributed by atoms with Crippen molar-refractivity contribution in [1.29, 1.82) is 5.26 Å². The molecule has 4 aromatic carbocycles. The summed E-state index contributed by atoms with van der Waals surface area (Å²) in [7, 11) is 1.55. The Morgan fingerprint density at radius 3 is 2.46 bits per heavy atom. The summed E-state index contributed by atoms with van der Waals surface area (Å²) in [5.41, 5.74) is 3.06. The number of carbonyl (C=O) groups is 1. The van der Waals surface area contributed by atoms with Gasteiger partial charge in [-0.3, -0.25) is 4.79 Å². The number of methoxy groups -OCH3 is 1. The summed E-state index contributed by atoms with van der Waals surface area (Å²) < 4.78 is 33.0. The molecule has 7 heteroatoms. The first-order valence-electron chi connectivity index (χ1n) is 12.8. The van der Waals surface area contributed by atoms with E-state index in [9.17, 15) is 18.8 Å². The number of hydrogen-bond donors (Lipinski definition) is 0. The Hall–Kier alpha value is -4.80. The summed E-state index contributed by atoms with van der Waals surface area (Å²) in [6, 6.07) is 31.4. The third-order valence-corrected chi connectivity index (χ3v) is 7.58. The SMILES string of the molecule is COc1ccc(/C=C/C(=O)c2ccc3ccccc3c2)cc1CSc1nc(C(F)F)cc(-c2ccccc2)c1C#N. The molecule has 5 aromatic rings. The van der Waals surface area contributed by atoms with E-state index in [-0.39, 0.29) is 22.1 Å². The Morgan fingerprint density at radius 1 is 0.976 bits per heavy atom. The molecule has 5 rings (SSSR count). The first kappa shape index (κ1) is 27.8. The van der Waals surface area contributed by atoms with Crippen molar-refractivity contribution in [3.8, 4) is 22.9 Å². The Balaban J connectivity index is 1.41. The third-order valence-electron chi connectivity index (χ3n) is 6.56. The molecule has 1 heterocycles. The van der Waals surface area contributed by atoms with E-state index in [1.165, 1.54) is 23.9 Å². The van der Waals surface area contributed by atoms with Crippen molar-refractivity contribution >= 4 is 34.4 Å². The maximum absolute atomic E-state index is 13.8. The molecule has 4 nitrogen and oxygen atoms in total. The van der Waals surface area contributed by atoms with E-state index >= 15 is 0 Å². The number of allylic oxidation sites excluding steroid dienone is 1. The minimum atomic E-state index is -2.78. The van der Waals surface area contributed by atoms with Gasteiger partial charge in [-0.1, -0.05) is 78.9 Å². The smallest absolute Gasteiger partial charge is 0.280 e. The lowest BCUT2D eigenvalue weighted by Gasteiger charge is -2.13. The fraction of sp³-hybridized carbons (Fsp3) is 0.0882. The summed E-state index contributed by atoms with van der Waals surface area (Å²) in [6.45, 7) is 0. The highest BCUT2D eigenvalue weighted by Crippen LogP contribution is 2.36. The molecule has 0 fully saturated rings. The number of aromatic nitrogens is 1. The van der Waals surface area contributed by atoms with Crippen molar-refractivity contribution in [2.24, 2.45) is 0 Å². The van der Waals surface area contributed by atoms with Crippen LogP contribution in [0.25, 0.3) is 28.0 Å². The predicted octanol–water partition coefficient (Wildman–Crippen LogP) is 8.91. The number of alkyl halides is 2. The number of nitriles is 1. The molecule has 0 saturated carbocycles.